The maximum absolute atomic E-state index is 11.8. The first kappa shape index (κ1) is 14.5. The molecule has 0 radical (unpaired) electrons. The molecule has 100 valence electrons. The van der Waals surface area contributed by atoms with Crippen LogP contribution in [0, 0.1) is 5.92 Å². The molecule has 17 heavy (non-hydrogen) atoms. The van der Waals surface area contributed by atoms with E-state index in [2.05, 4.69) is 5.32 Å². The van der Waals surface area contributed by atoms with Crippen LogP contribution in [0.5, 0.6) is 0 Å². The maximum atomic E-state index is 11.8. The Morgan fingerprint density at radius 3 is 2.41 bits per heavy atom. The molecule has 1 saturated carbocycles. The van der Waals surface area contributed by atoms with Gasteiger partial charge in [-0.1, -0.05) is 33.1 Å². The van der Waals surface area contributed by atoms with Crippen molar-refractivity contribution < 1.29 is 9.53 Å². The number of hydrogen-bond donors (Lipinski definition) is 2. The fourth-order valence-corrected chi connectivity index (χ4v) is 2.64. The minimum absolute atomic E-state index is 0.127. The normalized spacial score (nSPS) is 21.4. The van der Waals surface area contributed by atoms with E-state index in [0.29, 0.717) is 12.6 Å². The van der Waals surface area contributed by atoms with Crippen LogP contribution in [0.4, 0.5) is 0 Å². The average molecular weight is 242 g/mol. The minimum atomic E-state index is -0.725. The Morgan fingerprint density at radius 1 is 1.41 bits per heavy atom. The molecule has 0 bridgehead atoms. The zero-order valence-electron chi connectivity index (χ0n) is 11.3. The highest BCUT2D eigenvalue weighted by molar-refractivity contribution is 5.85. The quantitative estimate of drug-likeness (QED) is 0.740. The predicted molar refractivity (Wildman–Crippen MR) is 68.6 cm³/mol. The third-order valence-corrected chi connectivity index (χ3v) is 3.86. The van der Waals surface area contributed by atoms with Gasteiger partial charge in [-0.2, -0.15) is 0 Å². The van der Waals surface area contributed by atoms with E-state index in [-0.39, 0.29) is 11.8 Å². The highest BCUT2D eigenvalue weighted by atomic mass is 16.5. The summed E-state index contributed by atoms with van der Waals surface area (Å²) in [5.41, 5.74) is 4.87. The van der Waals surface area contributed by atoms with Gasteiger partial charge < -0.3 is 10.5 Å². The second-order valence-corrected chi connectivity index (χ2v) is 5.40. The summed E-state index contributed by atoms with van der Waals surface area (Å²) in [6.07, 6.45) is 6.03. The van der Waals surface area contributed by atoms with Crippen molar-refractivity contribution in [2.45, 2.75) is 57.5 Å². The van der Waals surface area contributed by atoms with Crippen LogP contribution in [0.1, 0.15) is 46.0 Å². The lowest BCUT2D eigenvalue weighted by Crippen LogP contribution is -2.64. The van der Waals surface area contributed by atoms with E-state index in [9.17, 15) is 4.79 Å². The highest BCUT2D eigenvalue weighted by Crippen LogP contribution is 2.24. The van der Waals surface area contributed by atoms with Crippen molar-refractivity contribution in [3.8, 4) is 0 Å². The molecule has 1 aliphatic carbocycles. The summed E-state index contributed by atoms with van der Waals surface area (Å²) >= 11 is 0. The molecule has 0 aliphatic heterocycles. The van der Waals surface area contributed by atoms with Gasteiger partial charge in [-0.05, 0) is 18.8 Å². The Balaban J connectivity index is 2.76. The van der Waals surface area contributed by atoms with Crippen molar-refractivity contribution in [2.24, 2.45) is 11.7 Å². The Kier molecular flexibility index (Phi) is 5.40. The smallest absolute Gasteiger partial charge is 0.240 e. The van der Waals surface area contributed by atoms with Gasteiger partial charge in [0.2, 0.25) is 5.91 Å². The average Bonchev–Trinajstić information content (AvgIpc) is 2.29. The first-order chi connectivity index (χ1) is 8.03. The number of nitrogens with two attached hydrogens (primary N) is 1. The van der Waals surface area contributed by atoms with Crippen LogP contribution >= 0.6 is 0 Å². The molecule has 1 atom stereocenters. The third-order valence-electron chi connectivity index (χ3n) is 3.86. The standard InChI is InChI=1S/C13H26N2O2/c1-10(2)13(9-17-3,12(14)16)15-11-7-5-4-6-8-11/h10-11,15H,4-9H2,1-3H3,(H2,14,16). The lowest BCUT2D eigenvalue weighted by molar-refractivity contribution is -0.129. The molecule has 0 aromatic carbocycles. The Morgan fingerprint density at radius 2 is 2.00 bits per heavy atom. The molecular weight excluding hydrogens is 216 g/mol. The number of carbonyl (C=O) groups is 1. The molecule has 4 heteroatoms. The van der Waals surface area contributed by atoms with Gasteiger partial charge in [-0.25, -0.2) is 0 Å². The van der Waals surface area contributed by atoms with Crippen LogP contribution in [-0.2, 0) is 9.53 Å². The topological polar surface area (TPSA) is 64.3 Å². The Hall–Kier alpha value is -0.610. The molecule has 3 N–H and O–H groups in total. The summed E-state index contributed by atoms with van der Waals surface area (Å²) in [6, 6.07) is 0.397. The predicted octanol–water partition coefficient (Wildman–Crippen LogP) is 1.44. The molecular formula is C13H26N2O2. The highest BCUT2D eigenvalue weighted by Gasteiger charge is 2.41. The van der Waals surface area contributed by atoms with Crippen molar-refractivity contribution in [3.05, 3.63) is 0 Å². The van der Waals surface area contributed by atoms with E-state index in [1.165, 1.54) is 19.3 Å². The molecule has 4 nitrogen and oxygen atoms in total. The number of primary amides is 1. The SMILES string of the molecule is COCC(NC1CCCCC1)(C(N)=O)C(C)C. The number of nitrogens with one attached hydrogen (secondary N) is 1. The number of methoxy groups -OCH3 is 1. The van der Waals surface area contributed by atoms with Crippen molar-refractivity contribution in [1.82, 2.24) is 5.32 Å². The number of carbonyl (C=O) groups excluding carboxylic acids is 1. The lowest BCUT2D eigenvalue weighted by Gasteiger charge is -2.39. The van der Waals surface area contributed by atoms with Crippen LogP contribution in [0.2, 0.25) is 0 Å². The van der Waals surface area contributed by atoms with Gasteiger partial charge >= 0.3 is 0 Å². The lowest BCUT2D eigenvalue weighted by atomic mass is 9.83. The van der Waals surface area contributed by atoms with Crippen LogP contribution in [-0.4, -0.2) is 31.2 Å². The van der Waals surface area contributed by atoms with Crippen LogP contribution in [0.25, 0.3) is 0 Å². The van der Waals surface area contributed by atoms with E-state index in [0.717, 1.165) is 12.8 Å². The van der Waals surface area contributed by atoms with Crippen LogP contribution < -0.4 is 11.1 Å². The fraction of sp³-hybridized carbons (Fsp3) is 0.923. The minimum Gasteiger partial charge on any atom is -0.382 e. The summed E-state index contributed by atoms with van der Waals surface area (Å²) < 4.78 is 5.21. The fourth-order valence-electron chi connectivity index (χ4n) is 2.64. The number of ether oxygens (including phenoxy) is 1. The van der Waals surface area contributed by atoms with Gasteiger partial charge in [-0.15, -0.1) is 0 Å². The van der Waals surface area contributed by atoms with E-state index >= 15 is 0 Å². The zero-order valence-corrected chi connectivity index (χ0v) is 11.3. The molecule has 0 aromatic heterocycles. The van der Waals surface area contributed by atoms with Crippen LogP contribution in [0.3, 0.4) is 0 Å². The van der Waals surface area contributed by atoms with Crippen molar-refractivity contribution in [3.63, 3.8) is 0 Å². The molecule has 1 unspecified atom stereocenters. The van der Waals surface area contributed by atoms with Gasteiger partial charge in [0, 0.05) is 13.2 Å². The molecule has 0 aromatic rings. The molecule has 0 spiro atoms. The van der Waals surface area contributed by atoms with E-state index in [4.69, 9.17) is 10.5 Å². The van der Waals surface area contributed by atoms with Crippen molar-refractivity contribution in [1.29, 1.82) is 0 Å². The summed E-state index contributed by atoms with van der Waals surface area (Å²) in [6.45, 7) is 4.37. The summed E-state index contributed by atoms with van der Waals surface area (Å²) in [5, 5.41) is 3.47. The first-order valence-electron chi connectivity index (χ1n) is 6.59. The van der Waals surface area contributed by atoms with Crippen molar-refractivity contribution in [2.75, 3.05) is 13.7 Å². The van der Waals surface area contributed by atoms with Gasteiger partial charge in [-0.3, -0.25) is 10.1 Å². The molecule has 1 aliphatic rings. The number of amides is 1. The van der Waals surface area contributed by atoms with Gasteiger partial charge in [0.05, 0.1) is 6.61 Å². The summed E-state index contributed by atoms with van der Waals surface area (Å²) in [7, 11) is 1.61. The zero-order chi connectivity index (χ0) is 12.9. The van der Waals surface area contributed by atoms with Gasteiger partial charge in [0.25, 0.3) is 0 Å². The third kappa shape index (κ3) is 3.42. The number of rotatable bonds is 6. The second-order valence-electron chi connectivity index (χ2n) is 5.40. The maximum Gasteiger partial charge on any atom is 0.240 e. The molecule has 0 saturated heterocycles. The second kappa shape index (κ2) is 6.36. The van der Waals surface area contributed by atoms with Gasteiger partial charge in [0.1, 0.15) is 5.54 Å². The Labute approximate surface area is 104 Å². The van der Waals surface area contributed by atoms with Crippen LogP contribution in [0.15, 0.2) is 0 Å². The Bertz CT molecular complexity index is 250. The largest absolute Gasteiger partial charge is 0.382 e. The monoisotopic (exact) mass is 242 g/mol. The summed E-state index contributed by atoms with van der Waals surface area (Å²) in [4.78, 5) is 11.8. The molecule has 1 amide bonds. The van der Waals surface area contributed by atoms with E-state index < -0.39 is 5.54 Å². The van der Waals surface area contributed by atoms with Crippen molar-refractivity contribution >= 4 is 5.91 Å². The first-order valence-corrected chi connectivity index (χ1v) is 6.59. The molecule has 1 rings (SSSR count). The van der Waals surface area contributed by atoms with Gasteiger partial charge in [0.15, 0.2) is 0 Å². The number of hydrogen-bond acceptors (Lipinski definition) is 3. The van der Waals surface area contributed by atoms with E-state index in [1.54, 1.807) is 7.11 Å². The molecule has 0 heterocycles. The summed E-state index contributed by atoms with van der Waals surface area (Å²) in [5.74, 6) is -0.179. The van der Waals surface area contributed by atoms with E-state index in [1.807, 2.05) is 13.8 Å². The molecule has 1 fully saturated rings.